The van der Waals surface area contributed by atoms with Gasteiger partial charge >= 0.3 is 11.9 Å². The molecule has 5 atom stereocenters. The summed E-state index contributed by atoms with van der Waals surface area (Å²) in [6.07, 6.45) is 4.62. The lowest BCUT2D eigenvalue weighted by Gasteiger charge is -2.43. The SMILES string of the molecule is CCOC(=O)C(CCc1ccccc1)C1(C(=O)O)CC2CCCCC2N1C(=O)C(C)N. The highest BCUT2D eigenvalue weighted by atomic mass is 16.5. The third-order valence-corrected chi connectivity index (χ3v) is 6.91. The molecule has 1 heterocycles. The molecule has 5 unspecified atom stereocenters. The molecular formula is C24H34N2O5. The smallest absolute Gasteiger partial charge is 0.330 e. The monoisotopic (exact) mass is 430 g/mol. The average Bonchev–Trinajstić information content (AvgIpc) is 3.10. The second-order valence-corrected chi connectivity index (χ2v) is 8.87. The van der Waals surface area contributed by atoms with Gasteiger partial charge in [0, 0.05) is 6.04 Å². The Balaban J connectivity index is 2.05. The molecule has 1 aromatic carbocycles. The van der Waals surface area contributed by atoms with Crippen LogP contribution in [-0.4, -0.2) is 52.1 Å². The summed E-state index contributed by atoms with van der Waals surface area (Å²) in [5.41, 5.74) is 5.34. The van der Waals surface area contributed by atoms with Gasteiger partial charge in [-0.3, -0.25) is 9.59 Å². The van der Waals surface area contributed by atoms with E-state index in [1.807, 2.05) is 30.3 Å². The summed E-state index contributed by atoms with van der Waals surface area (Å²) in [7, 11) is 0. The third-order valence-electron chi connectivity index (χ3n) is 6.91. The number of hydrogen-bond acceptors (Lipinski definition) is 5. The van der Waals surface area contributed by atoms with Crippen LogP contribution in [0.25, 0.3) is 0 Å². The fourth-order valence-corrected chi connectivity index (χ4v) is 5.54. The van der Waals surface area contributed by atoms with Crippen LogP contribution >= 0.6 is 0 Å². The largest absolute Gasteiger partial charge is 0.479 e. The number of fused-ring (bicyclic) bond motifs is 1. The fourth-order valence-electron chi connectivity index (χ4n) is 5.54. The summed E-state index contributed by atoms with van der Waals surface area (Å²) in [4.78, 5) is 40.8. The minimum Gasteiger partial charge on any atom is -0.479 e. The highest BCUT2D eigenvalue weighted by Crippen LogP contribution is 2.50. The van der Waals surface area contributed by atoms with Gasteiger partial charge in [-0.15, -0.1) is 0 Å². The van der Waals surface area contributed by atoms with Crippen molar-refractivity contribution in [1.29, 1.82) is 0 Å². The van der Waals surface area contributed by atoms with Crippen LogP contribution < -0.4 is 5.73 Å². The zero-order valence-electron chi connectivity index (χ0n) is 18.5. The van der Waals surface area contributed by atoms with Crippen LogP contribution in [-0.2, 0) is 25.5 Å². The Morgan fingerprint density at radius 2 is 1.90 bits per heavy atom. The van der Waals surface area contributed by atoms with Crippen LogP contribution in [0.15, 0.2) is 30.3 Å². The lowest BCUT2D eigenvalue weighted by Crippen LogP contribution is -2.64. The number of benzene rings is 1. The number of carbonyl (C=O) groups is 3. The van der Waals surface area contributed by atoms with Crippen molar-refractivity contribution in [3.8, 4) is 0 Å². The Morgan fingerprint density at radius 1 is 1.23 bits per heavy atom. The van der Waals surface area contributed by atoms with E-state index in [1.165, 1.54) is 4.90 Å². The van der Waals surface area contributed by atoms with Gasteiger partial charge in [-0.05, 0) is 57.4 Å². The van der Waals surface area contributed by atoms with Crippen LogP contribution in [0.1, 0.15) is 57.9 Å². The van der Waals surface area contributed by atoms with Gasteiger partial charge in [0.2, 0.25) is 5.91 Å². The van der Waals surface area contributed by atoms with Crippen molar-refractivity contribution in [3.05, 3.63) is 35.9 Å². The van der Waals surface area contributed by atoms with Crippen molar-refractivity contribution in [1.82, 2.24) is 4.90 Å². The van der Waals surface area contributed by atoms with Crippen molar-refractivity contribution in [2.24, 2.45) is 17.6 Å². The Kier molecular flexibility index (Phi) is 7.36. The Morgan fingerprint density at radius 3 is 2.52 bits per heavy atom. The molecule has 1 aliphatic heterocycles. The van der Waals surface area contributed by atoms with Crippen molar-refractivity contribution in [2.75, 3.05) is 6.61 Å². The molecule has 0 radical (unpaired) electrons. The maximum absolute atomic E-state index is 13.3. The van der Waals surface area contributed by atoms with E-state index in [1.54, 1.807) is 13.8 Å². The summed E-state index contributed by atoms with van der Waals surface area (Å²) in [5, 5.41) is 10.6. The van der Waals surface area contributed by atoms with Gasteiger partial charge < -0.3 is 20.5 Å². The van der Waals surface area contributed by atoms with Crippen LogP contribution in [0.4, 0.5) is 0 Å². The number of likely N-dealkylation sites (tertiary alicyclic amines) is 1. The molecule has 1 aromatic rings. The summed E-state index contributed by atoms with van der Waals surface area (Å²) in [6.45, 7) is 3.44. The van der Waals surface area contributed by atoms with Crippen molar-refractivity contribution in [3.63, 3.8) is 0 Å². The number of hydrogen-bond donors (Lipinski definition) is 2. The standard InChI is InChI=1S/C24H34N2O5/c1-3-31-22(28)19(14-13-17-9-5-4-6-10-17)24(23(29)30)15-18-11-7-8-12-20(18)26(24)21(27)16(2)25/h4-6,9-10,16,18-20H,3,7-8,11-15,25H2,1-2H3,(H,29,30). The van der Waals surface area contributed by atoms with Crippen LogP contribution in [0.3, 0.4) is 0 Å². The van der Waals surface area contributed by atoms with E-state index in [0.717, 1.165) is 31.2 Å². The lowest BCUT2D eigenvalue weighted by molar-refractivity contribution is -0.172. The van der Waals surface area contributed by atoms with E-state index in [0.29, 0.717) is 6.42 Å². The topological polar surface area (TPSA) is 110 Å². The van der Waals surface area contributed by atoms with Gasteiger partial charge in [0.05, 0.1) is 18.6 Å². The average molecular weight is 431 g/mol. The van der Waals surface area contributed by atoms with Gasteiger partial charge in [-0.2, -0.15) is 0 Å². The van der Waals surface area contributed by atoms with Crippen LogP contribution in [0.2, 0.25) is 0 Å². The van der Waals surface area contributed by atoms with E-state index in [-0.39, 0.29) is 31.4 Å². The number of aryl methyl sites for hydroxylation is 1. The minimum atomic E-state index is -1.63. The molecule has 3 N–H and O–H groups in total. The predicted octanol–water partition coefficient (Wildman–Crippen LogP) is 2.76. The number of aliphatic carboxylic acids is 1. The van der Waals surface area contributed by atoms with E-state index < -0.39 is 35.3 Å². The number of esters is 1. The Labute approximate surface area is 183 Å². The number of rotatable bonds is 8. The number of nitrogens with two attached hydrogens (primary N) is 1. The third kappa shape index (κ3) is 4.47. The highest BCUT2D eigenvalue weighted by Gasteiger charge is 2.64. The first-order chi connectivity index (χ1) is 14.8. The van der Waals surface area contributed by atoms with E-state index >= 15 is 0 Å². The molecule has 1 amide bonds. The Hall–Kier alpha value is -2.41. The van der Waals surface area contributed by atoms with Crippen molar-refractivity contribution >= 4 is 17.8 Å². The lowest BCUT2D eigenvalue weighted by atomic mass is 9.75. The first-order valence-electron chi connectivity index (χ1n) is 11.4. The van der Waals surface area contributed by atoms with Gasteiger partial charge in [0.25, 0.3) is 0 Å². The molecule has 2 aliphatic rings. The second kappa shape index (κ2) is 9.81. The van der Waals surface area contributed by atoms with Crippen molar-refractivity contribution < 1.29 is 24.2 Å². The molecule has 0 aromatic heterocycles. The van der Waals surface area contributed by atoms with Gasteiger partial charge in [0.1, 0.15) is 0 Å². The summed E-state index contributed by atoms with van der Waals surface area (Å²) in [6, 6.07) is 8.61. The zero-order chi connectivity index (χ0) is 22.6. The second-order valence-electron chi connectivity index (χ2n) is 8.87. The van der Waals surface area contributed by atoms with Gasteiger partial charge in [-0.1, -0.05) is 43.2 Å². The summed E-state index contributed by atoms with van der Waals surface area (Å²) in [5.74, 6) is -2.99. The first-order valence-corrected chi connectivity index (χ1v) is 11.4. The highest BCUT2D eigenvalue weighted by molar-refractivity contribution is 5.94. The molecule has 1 saturated heterocycles. The van der Waals surface area contributed by atoms with Crippen LogP contribution in [0.5, 0.6) is 0 Å². The number of amides is 1. The normalized spacial score (nSPS) is 27.3. The number of carbonyl (C=O) groups excluding carboxylic acids is 2. The number of carboxylic acids is 1. The molecule has 7 nitrogen and oxygen atoms in total. The maximum Gasteiger partial charge on any atom is 0.330 e. The fraction of sp³-hybridized carbons (Fsp3) is 0.625. The quantitative estimate of drug-likeness (QED) is 0.614. The van der Waals surface area contributed by atoms with Gasteiger partial charge in [0.15, 0.2) is 5.54 Å². The molecule has 7 heteroatoms. The van der Waals surface area contributed by atoms with Gasteiger partial charge in [-0.25, -0.2) is 4.79 Å². The zero-order valence-corrected chi connectivity index (χ0v) is 18.5. The molecule has 2 fully saturated rings. The molecule has 31 heavy (non-hydrogen) atoms. The van der Waals surface area contributed by atoms with E-state index in [4.69, 9.17) is 10.5 Å². The number of nitrogens with zero attached hydrogens (tertiary/aromatic N) is 1. The first kappa shape index (κ1) is 23.3. The molecular weight excluding hydrogens is 396 g/mol. The minimum absolute atomic E-state index is 0.0567. The molecule has 1 aliphatic carbocycles. The molecule has 0 spiro atoms. The van der Waals surface area contributed by atoms with Crippen LogP contribution in [0, 0.1) is 11.8 Å². The van der Waals surface area contributed by atoms with E-state index in [9.17, 15) is 19.5 Å². The molecule has 3 rings (SSSR count). The number of ether oxygens (including phenoxy) is 1. The predicted molar refractivity (Wildman–Crippen MR) is 116 cm³/mol. The maximum atomic E-state index is 13.3. The number of carboxylic acid groups (broad SMARTS) is 1. The summed E-state index contributed by atoms with van der Waals surface area (Å²) >= 11 is 0. The van der Waals surface area contributed by atoms with E-state index in [2.05, 4.69) is 0 Å². The van der Waals surface area contributed by atoms with Crippen molar-refractivity contribution in [2.45, 2.75) is 76.4 Å². The Bertz CT molecular complexity index is 796. The molecule has 0 bridgehead atoms. The molecule has 1 saturated carbocycles. The molecule has 170 valence electrons. The summed E-state index contributed by atoms with van der Waals surface area (Å²) < 4.78 is 5.35.